The van der Waals surface area contributed by atoms with Gasteiger partial charge in [0.05, 0.1) is 12.6 Å². The van der Waals surface area contributed by atoms with Gasteiger partial charge < -0.3 is 14.8 Å². The summed E-state index contributed by atoms with van der Waals surface area (Å²) in [5.41, 5.74) is 4.30. The molecule has 30 heavy (non-hydrogen) atoms. The summed E-state index contributed by atoms with van der Waals surface area (Å²) in [7, 11) is 0. The summed E-state index contributed by atoms with van der Waals surface area (Å²) in [6, 6.07) is 17.6. The van der Waals surface area contributed by atoms with Crippen LogP contribution in [-0.4, -0.2) is 45.7 Å². The van der Waals surface area contributed by atoms with E-state index in [9.17, 15) is 9.59 Å². The van der Waals surface area contributed by atoms with Gasteiger partial charge in [-0.15, -0.1) is 0 Å². The Morgan fingerprint density at radius 2 is 1.77 bits per heavy atom. The number of nitrogens with zero attached hydrogens (tertiary/aromatic N) is 2. The van der Waals surface area contributed by atoms with Gasteiger partial charge >= 0.3 is 0 Å². The van der Waals surface area contributed by atoms with E-state index in [1.807, 2.05) is 47.4 Å². The summed E-state index contributed by atoms with van der Waals surface area (Å²) in [4.78, 5) is 34.0. The fourth-order valence-electron chi connectivity index (χ4n) is 5.05. The third-order valence-electron chi connectivity index (χ3n) is 6.49. The Balaban J connectivity index is 1.61. The van der Waals surface area contributed by atoms with Gasteiger partial charge in [0, 0.05) is 29.6 Å². The largest absolute Gasteiger partial charge is 0.356 e. The van der Waals surface area contributed by atoms with Gasteiger partial charge in [0.1, 0.15) is 6.04 Å². The molecule has 0 unspecified atom stereocenters. The predicted octanol–water partition coefficient (Wildman–Crippen LogP) is 4.04. The van der Waals surface area contributed by atoms with Crippen LogP contribution in [0.5, 0.6) is 0 Å². The number of H-pyrrole nitrogens is 1. The zero-order chi connectivity index (χ0) is 20.7. The maximum Gasteiger partial charge on any atom is 0.246 e. The zero-order valence-corrected chi connectivity index (χ0v) is 17.3. The highest BCUT2D eigenvalue weighted by Gasteiger charge is 2.47. The van der Waals surface area contributed by atoms with E-state index in [0.717, 1.165) is 47.0 Å². The van der Waals surface area contributed by atoms with Gasteiger partial charge in [0.15, 0.2) is 0 Å². The number of aromatic nitrogens is 1. The number of para-hydroxylation sites is 1. The van der Waals surface area contributed by atoms with Crippen LogP contribution in [0.3, 0.4) is 0 Å². The Hall–Kier alpha value is -3.08. The second-order valence-corrected chi connectivity index (χ2v) is 8.36. The minimum Gasteiger partial charge on any atom is -0.356 e. The van der Waals surface area contributed by atoms with Crippen molar-refractivity contribution in [2.24, 2.45) is 0 Å². The molecule has 1 fully saturated rings. The minimum atomic E-state index is -0.440. The highest BCUT2D eigenvalue weighted by atomic mass is 16.2. The van der Waals surface area contributed by atoms with Crippen molar-refractivity contribution in [3.05, 3.63) is 71.4 Å². The number of unbranched alkanes of at least 4 members (excludes halogenated alkanes) is 2. The van der Waals surface area contributed by atoms with Gasteiger partial charge in [-0.1, -0.05) is 68.3 Å². The standard InChI is InChI=1S/C25H27N3O2/c1-2-3-9-14-27-16-22(29)28-21(25(27)30)15-19-18-12-7-8-13-20(18)26-23(19)24(28)17-10-5-4-6-11-17/h4-8,10-13,21,24,26H,2-3,9,14-16H2,1H3/t21-,24+/m0/s1. The van der Waals surface area contributed by atoms with Gasteiger partial charge in [-0.3, -0.25) is 9.59 Å². The SMILES string of the molecule is CCCCCN1CC(=O)N2[C@H](c3ccccc3)c3[nH]c4ccccc4c3C[C@H]2C1=O. The van der Waals surface area contributed by atoms with E-state index in [1.165, 1.54) is 0 Å². The van der Waals surface area contributed by atoms with Crippen molar-refractivity contribution in [2.75, 3.05) is 13.1 Å². The van der Waals surface area contributed by atoms with E-state index in [4.69, 9.17) is 0 Å². The lowest BCUT2D eigenvalue weighted by molar-refractivity contribution is -0.158. The van der Waals surface area contributed by atoms with Gasteiger partial charge in [-0.05, 0) is 23.6 Å². The maximum atomic E-state index is 13.5. The molecule has 5 heteroatoms. The number of rotatable bonds is 5. The zero-order valence-electron chi connectivity index (χ0n) is 17.3. The van der Waals surface area contributed by atoms with Crippen LogP contribution in [0, 0.1) is 0 Å². The molecule has 3 heterocycles. The Morgan fingerprint density at radius 1 is 1.00 bits per heavy atom. The highest BCUT2D eigenvalue weighted by Crippen LogP contribution is 2.42. The molecular formula is C25H27N3O2. The first kappa shape index (κ1) is 18.9. The number of carbonyl (C=O) groups is 2. The monoisotopic (exact) mass is 401 g/mol. The van der Waals surface area contributed by atoms with Crippen LogP contribution in [0.15, 0.2) is 54.6 Å². The summed E-state index contributed by atoms with van der Waals surface area (Å²) >= 11 is 0. The first-order valence-corrected chi connectivity index (χ1v) is 10.9. The summed E-state index contributed by atoms with van der Waals surface area (Å²) in [6.45, 7) is 2.99. The van der Waals surface area contributed by atoms with E-state index in [2.05, 4.69) is 24.0 Å². The molecule has 0 aliphatic carbocycles. The van der Waals surface area contributed by atoms with E-state index >= 15 is 0 Å². The number of benzene rings is 2. The molecule has 2 aliphatic heterocycles. The first-order valence-electron chi connectivity index (χ1n) is 10.9. The summed E-state index contributed by atoms with van der Waals surface area (Å²) < 4.78 is 0. The predicted molar refractivity (Wildman–Crippen MR) is 117 cm³/mol. The number of nitrogens with one attached hydrogen (secondary N) is 1. The Kier molecular flexibility index (Phi) is 4.81. The fraction of sp³-hybridized carbons (Fsp3) is 0.360. The number of fused-ring (bicyclic) bond motifs is 4. The Labute approximate surface area is 176 Å². The van der Waals surface area contributed by atoms with E-state index in [1.54, 1.807) is 4.90 Å². The minimum absolute atomic E-state index is 0.0363. The van der Waals surface area contributed by atoms with Gasteiger partial charge in [-0.25, -0.2) is 0 Å². The normalized spacial score (nSPS) is 21.1. The van der Waals surface area contributed by atoms with Crippen molar-refractivity contribution in [3.63, 3.8) is 0 Å². The molecule has 1 aromatic heterocycles. The van der Waals surface area contributed by atoms with Crippen LogP contribution in [0.1, 0.15) is 49.0 Å². The highest BCUT2D eigenvalue weighted by molar-refractivity contribution is 5.97. The number of carbonyl (C=O) groups excluding carboxylic acids is 2. The molecule has 5 rings (SSSR count). The number of aromatic amines is 1. The molecule has 2 aliphatic rings. The fourth-order valence-corrected chi connectivity index (χ4v) is 5.05. The van der Waals surface area contributed by atoms with E-state index < -0.39 is 6.04 Å². The summed E-state index contributed by atoms with van der Waals surface area (Å²) in [6.07, 6.45) is 3.69. The van der Waals surface area contributed by atoms with Crippen molar-refractivity contribution in [1.29, 1.82) is 0 Å². The topological polar surface area (TPSA) is 56.4 Å². The molecule has 0 radical (unpaired) electrons. The average molecular weight is 402 g/mol. The lowest BCUT2D eigenvalue weighted by Gasteiger charge is -2.47. The van der Waals surface area contributed by atoms with Crippen molar-refractivity contribution in [1.82, 2.24) is 14.8 Å². The second-order valence-electron chi connectivity index (χ2n) is 8.36. The van der Waals surface area contributed by atoms with Crippen LogP contribution in [0.25, 0.3) is 10.9 Å². The van der Waals surface area contributed by atoms with Gasteiger partial charge in [-0.2, -0.15) is 0 Å². The lowest BCUT2D eigenvalue weighted by Crippen LogP contribution is -2.63. The first-order chi connectivity index (χ1) is 14.7. The number of hydrogen-bond donors (Lipinski definition) is 1. The molecule has 5 nitrogen and oxygen atoms in total. The molecule has 2 amide bonds. The van der Waals surface area contributed by atoms with Gasteiger partial charge in [0.2, 0.25) is 11.8 Å². The number of amides is 2. The van der Waals surface area contributed by atoms with Crippen LogP contribution >= 0.6 is 0 Å². The van der Waals surface area contributed by atoms with Crippen LogP contribution in [0.2, 0.25) is 0 Å². The molecular weight excluding hydrogens is 374 g/mol. The number of hydrogen-bond acceptors (Lipinski definition) is 2. The van der Waals surface area contributed by atoms with Crippen LogP contribution in [-0.2, 0) is 16.0 Å². The molecule has 2 aromatic carbocycles. The molecule has 1 N–H and O–H groups in total. The molecule has 1 saturated heterocycles. The average Bonchev–Trinajstić information content (AvgIpc) is 3.15. The Morgan fingerprint density at radius 3 is 2.57 bits per heavy atom. The summed E-state index contributed by atoms with van der Waals surface area (Å²) in [5.74, 6) is 0.122. The number of piperazine rings is 1. The molecule has 154 valence electrons. The van der Waals surface area contributed by atoms with Crippen molar-refractivity contribution >= 4 is 22.7 Å². The summed E-state index contributed by atoms with van der Waals surface area (Å²) in [5, 5.41) is 1.15. The molecule has 0 spiro atoms. The van der Waals surface area contributed by atoms with Gasteiger partial charge in [0.25, 0.3) is 0 Å². The molecule has 0 bridgehead atoms. The lowest BCUT2D eigenvalue weighted by atomic mass is 9.86. The van der Waals surface area contributed by atoms with Crippen LogP contribution < -0.4 is 0 Å². The second kappa shape index (κ2) is 7.63. The van der Waals surface area contributed by atoms with Crippen molar-refractivity contribution in [3.8, 4) is 0 Å². The molecule has 0 saturated carbocycles. The molecule has 3 aromatic rings. The maximum absolute atomic E-state index is 13.5. The smallest absolute Gasteiger partial charge is 0.246 e. The third kappa shape index (κ3) is 3.00. The molecule has 2 atom stereocenters. The quantitative estimate of drug-likeness (QED) is 0.656. The van der Waals surface area contributed by atoms with Crippen LogP contribution in [0.4, 0.5) is 0 Å². The third-order valence-corrected chi connectivity index (χ3v) is 6.49. The van der Waals surface area contributed by atoms with E-state index in [-0.39, 0.29) is 24.4 Å². The van der Waals surface area contributed by atoms with Crippen molar-refractivity contribution in [2.45, 2.75) is 44.7 Å². The van der Waals surface area contributed by atoms with Crippen molar-refractivity contribution < 1.29 is 9.59 Å². The Bertz CT molecular complexity index is 1090. The van der Waals surface area contributed by atoms with E-state index in [0.29, 0.717) is 13.0 Å².